The van der Waals surface area contributed by atoms with Crippen molar-refractivity contribution in [2.24, 2.45) is 5.92 Å². The third-order valence-corrected chi connectivity index (χ3v) is 6.12. The van der Waals surface area contributed by atoms with E-state index < -0.39 is 0 Å². The molecule has 0 aliphatic carbocycles. The third kappa shape index (κ3) is 4.61. The van der Waals surface area contributed by atoms with Crippen molar-refractivity contribution < 1.29 is 14.3 Å². The molecule has 0 bridgehead atoms. The normalized spacial score (nSPS) is 14.4. The predicted molar refractivity (Wildman–Crippen MR) is 125 cm³/mol. The van der Waals surface area contributed by atoms with E-state index in [0.717, 1.165) is 65.5 Å². The number of ether oxygens (including phenoxy) is 2. The summed E-state index contributed by atoms with van der Waals surface area (Å²) in [7, 11) is 3.25. The molecule has 0 radical (unpaired) electrons. The third-order valence-electron chi connectivity index (χ3n) is 6.12. The molecule has 1 saturated heterocycles. The lowest BCUT2D eigenvalue weighted by atomic mass is 9.96. The number of hydrogen-bond acceptors (Lipinski definition) is 6. The molecule has 1 aliphatic heterocycles. The molecule has 0 saturated carbocycles. The highest BCUT2D eigenvalue weighted by Crippen LogP contribution is 2.26. The molecule has 1 aromatic heterocycles. The van der Waals surface area contributed by atoms with Crippen molar-refractivity contribution in [2.45, 2.75) is 33.2 Å². The number of rotatable bonds is 6. The Morgan fingerprint density at radius 2 is 1.84 bits per heavy atom. The zero-order valence-corrected chi connectivity index (χ0v) is 19.1. The maximum absolute atomic E-state index is 12.8. The standard InChI is InChI=1S/C25H30N4O3/c1-16-5-7-21-17(2)27-25(28-22(21)13-16)29-11-9-18(10-12-29)24(30)26-15-19-14-20(31-3)6-8-23(19)32-4/h5-8,13-14,18H,9-12,15H2,1-4H3,(H,26,30). The molecule has 3 aromatic rings. The zero-order chi connectivity index (χ0) is 22.7. The molecule has 4 rings (SSSR count). The van der Waals surface area contributed by atoms with Gasteiger partial charge in [-0.15, -0.1) is 0 Å². The van der Waals surface area contributed by atoms with E-state index in [1.807, 2.05) is 25.1 Å². The van der Waals surface area contributed by atoms with Crippen molar-refractivity contribution in [3.05, 3.63) is 53.2 Å². The van der Waals surface area contributed by atoms with Crippen LogP contribution in [0.5, 0.6) is 11.5 Å². The number of benzene rings is 2. The minimum absolute atomic E-state index is 0.0216. The van der Waals surface area contributed by atoms with Crippen LogP contribution in [-0.4, -0.2) is 43.2 Å². The van der Waals surface area contributed by atoms with Gasteiger partial charge in [0.25, 0.3) is 0 Å². The van der Waals surface area contributed by atoms with E-state index in [4.69, 9.17) is 19.4 Å². The summed E-state index contributed by atoms with van der Waals surface area (Å²) in [6.07, 6.45) is 1.55. The number of hydrogen-bond donors (Lipinski definition) is 1. The summed E-state index contributed by atoms with van der Waals surface area (Å²) >= 11 is 0. The second-order valence-electron chi connectivity index (χ2n) is 8.29. The van der Waals surface area contributed by atoms with Crippen LogP contribution < -0.4 is 19.7 Å². The summed E-state index contributed by atoms with van der Waals surface area (Å²) in [5, 5.41) is 4.15. The van der Waals surface area contributed by atoms with Crippen LogP contribution in [0.15, 0.2) is 36.4 Å². The fourth-order valence-electron chi connectivity index (χ4n) is 4.21. The zero-order valence-electron chi connectivity index (χ0n) is 19.1. The Hall–Kier alpha value is -3.35. The number of methoxy groups -OCH3 is 2. The first-order valence-corrected chi connectivity index (χ1v) is 11.0. The summed E-state index contributed by atoms with van der Waals surface area (Å²) in [6.45, 7) is 6.03. The maximum atomic E-state index is 12.8. The van der Waals surface area contributed by atoms with Crippen molar-refractivity contribution in [2.75, 3.05) is 32.2 Å². The van der Waals surface area contributed by atoms with E-state index in [0.29, 0.717) is 6.54 Å². The smallest absolute Gasteiger partial charge is 0.226 e. The number of piperidine rings is 1. The van der Waals surface area contributed by atoms with Crippen LogP contribution in [0.4, 0.5) is 5.95 Å². The van der Waals surface area contributed by atoms with Gasteiger partial charge in [-0.25, -0.2) is 9.97 Å². The van der Waals surface area contributed by atoms with Crippen molar-refractivity contribution in [3.8, 4) is 11.5 Å². The van der Waals surface area contributed by atoms with Crippen molar-refractivity contribution >= 4 is 22.8 Å². The molecule has 168 valence electrons. The molecule has 2 heterocycles. The molecular weight excluding hydrogens is 404 g/mol. The fourth-order valence-corrected chi connectivity index (χ4v) is 4.21. The van der Waals surface area contributed by atoms with Gasteiger partial charge in [0, 0.05) is 36.5 Å². The van der Waals surface area contributed by atoms with Crippen LogP contribution in [0.2, 0.25) is 0 Å². The van der Waals surface area contributed by atoms with Gasteiger partial charge in [0.15, 0.2) is 0 Å². The number of anilines is 1. The largest absolute Gasteiger partial charge is 0.497 e. The molecule has 0 atom stereocenters. The molecule has 7 nitrogen and oxygen atoms in total. The van der Waals surface area contributed by atoms with Gasteiger partial charge >= 0.3 is 0 Å². The molecule has 1 aliphatic rings. The molecule has 1 N–H and O–H groups in total. The topological polar surface area (TPSA) is 76.6 Å². The van der Waals surface area contributed by atoms with Gasteiger partial charge in [-0.2, -0.15) is 0 Å². The van der Waals surface area contributed by atoms with Crippen LogP contribution in [0, 0.1) is 19.8 Å². The number of amides is 1. The highest BCUT2D eigenvalue weighted by atomic mass is 16.5. The highest BCUT2D eigenvalue weighted by Gasteiger charge is 2.26. The Balaban J connectivity index is 1.38. The number of aryl methyl sites for hydroxylation is 2. The van der Waals surface area contributed by atoms with Crippen LogP contribution in [0.3, 0.4) is 0 Å². The second-order valence-corrected chi connectivity index (χ2v) is 8.29. The summed E-state index contributed by atoms with van der Waals surface area (Å²) in [5.74, 6) is 2.28. The van der Waals surface area contributed by atoms with Gasteiger partial charge in [0.1, 0.15) is 11.5 Å². The average Bonchev–Trinajstić information content (AvgIpc) is 2.82. The Kier molecular flexibility index (Phi) is 6.44. The fraction of sp³-hybridized carbons (Fsp3) is 0.400. The van der Waals surface area contributed by atoms with E-state index in [9.17, 15) is 4.79 Å². The number of carbonyl (C=O) groups excluding carboxylic acids is 1. The first-order chi connectivity index (χ1) is 15.5. The molecule has 7 heteroatoms. The van der Waals surface area contributed by atoms with Crippen LogP contribution in [-0.2, 0) is 11.3 Å². The lowest BCUT2D eigenvalue weighted by Crippen LogP contribution is -2.41. The first-order valence-electron chi connectivity index (χ1n) is 11.0. The highest BCUT2D eigenvalue weighted by molar-refractivity contribution is 5.82. The Bertz CT molecular complexity index is 1120. The number of fused-ring (bicyclic) bond motifs is 1. The van der Waals surface area contributed by atoms with Crippen molar-refractivity contribution in [1.82, 2.24) is 15.3 Å². The van der Waals surface area contributed by atoms with Gasteiger partial charge in [0.05, 0.1) is 25.4 Å². The molecule has 1 amide bonds. The molecule has 2 aromatic carbocycles. The van der Waals surface area contributed by atoms with E-state index in [2.05, 4.69) is 35.3 Å². The van der Waals surface area contributed by atoms with Crippen molar-refractivity contribution in [3.63, 3.8) is 0 Å². The molecule has 0 unspecified atom stereocenters. The van der Waals surface area contributed by atoms with Crippen LogP contribution in [0.1, 0.15) is 29.7 Å². The second kappa shape index (κ2) is 9.42. The number of nitrogens with one attached hydrogen (secondary N) is 1. The molecule has 1 fully saturated rings. The summed E-state index contributed by atoms with van der Waals surface area (Å²) in [5.41, 5.74) is 4.04. The van der Waals surface area contributed by atoms with E-state index in [-0.39, 0.29) is 11.8 Å². The van der Waals surface area contributed by atoms with E-state index >= 15 is 0 Å². The summed E-state index contributed by atoms with van der Waals surface area (Å²) in [4.78, 5) is 24.5. The SMILES string of the molecule is COc1ccc(OC)c(CNC(=O)C2CCN(c3nc(C)c4ccc(C)cc4n3)CC2)c1. The quantitative estimate of drug-likeness (QED) is 0.636. The Morgan fingerprint density at radius 3 is 2.56 bits per heavy atom. The number of nitrogens with zero attached hydrogens (tertiary/aromatic N) is 3. The predicted octanol–water partition coefficient (Wildman–Crippen LogP) is 3.80. The van der Waals surface area contributed by atoms with Gasteiger partial charge < -0.3 is 19.7 Å². The minimum atomic E-state index is -0.0216. The van der Waals surface area contributed by atoms with E-state index in [1.54, 1.807) is 14.2 Å². The van der Waals surface area contributed by atoms with Gasteiger partial charge in [-0.3, -0.25) is 4.79 Å². The Labute approximate surface area is 188 Å². The first kappa shape index (κ1) is 21.9. The number of aromatic nitrogens is 2. The Morgan fingerprint density at radius 1 is 1.06 bits per heavy atom. The van der Waals surface area contributed by atoms with E-state index in [1.165, 1.54) is 5.56 Å². The number of carbonyl (C=O) groups is 1. The lowest BCUT2D eigenvalue weighted by Gasteiger charge is -2.31. The van der Waals surface area contributed by atoms with Crippen LogP contribution in [0.25, 0.3) is 10.9 Å². The lowest BCUT2D eigenvalue weighted by molar-refractivity contribution is -0.125. The molecular formula is C25H30N4O3. The summed E-state index contributed by atoms with van der Waals surface area (Å²) < 4.78 is 10.7. The minimum Gasteiger partial charge on any atom is -0.497 e. The maximum Gasteiger partial charge on any atom is 0.226 e. The van der Waals surface area contributed by atoms with Gasteiger partial charge in [-0.05, 0) is 56.5 Å². The van der Waals surface area contributed by atoms with Gasteiger partial charge in [-0.1, -0.05) is 12.1 Å². The summed E-state index contributed by atoms with van der Waals surface area (Å²) in [6, 6.07) is 11.9. The van der Waals surface area contributed by atoms with Gasteiger partial charge in [0.2, 0.25) is 11.9 Å². The average molecular weight is 435 g/mol. The van der Waals surface area contributed by atoms with Crippen molar-refractivity contribution in [1.29, 1.82) is 0 Å². The molecule has 32 heavy (non-hydrogen) atoms. The van der Waals surface area contributed by atoms with Crippen LogP contribution >= 0.6 is 0 Å². The monoisotopic (exact) mass is 434 g/mol. The molecule has 0 spiro atoms.